The zero-order chi connectivity index (χ0) is 14.0. The van der Waals surface area contributed by atoms with Gasteiger partial charge in [0.1, 0.15) is 11.6 Å². The van der Waals surface area contributed by atoms with Gasteiger partial charge in [0.2, 0.25) is 0 Å². The summed E-state index contributed by atoms with van der Waals surface area (Å²) in [6.45, 7) is 0. The molecule has 2 aromatic rings. The predicted molar refractivity (Wildman–Crippen MR) is 75.7 cm³/mol. The Hall–Kier alpha value is -1.66. The number of halogens is 3. The van der Waals surface area contributed by atoms with Crippen LogP contribution in [-0.2, 0) is 0 Å². The van der Waals surface area contributed by atoms with E-state index in [1.54, 1.807) is 18.2 Å². The number of carbonyl (C=O) groups is 1. The molecule has 0 saturated heterocycles. The van der Waals surface area contributed by atoms with Gasteiger partial charge in [-0.3, -0.25) is 4.79 Å². The molecule has 19 heavy (non-hydrogen) atoms. The number of carbonyl (C=O) groups excluding carboxylic acids is 1. The first-order valence-electron chi connectivity index (χ1n) is 5.15. The standard InChI is InChI=1S/C12H8BrClFN3O/c13-10-8(14)2-1-3-9(10)18-12(19)7-4-6(15)5-17-11(7)16/h1-5H,(H2,16,17)(H,18,19). The molecule has 0 unspecified atom stereocenters. The van der Waals surface area contributed by atoms with E-state index in [9.17, 15) is 9.18 Å². The van der Waals surface area contributed by atoms with Crippen molar-refractivity contribution in [3.8, 4) is 0 Å². The number of aromatic nitrogens is 1. The summed E-state index contributed by atoms with van der Waals surface area (Å²) < 4.78 is 13.6. The fourth-order valence-corrected chi connectivity index (χ4v) is 1.96. The summed E-state index contributed by atoms with van der Waals surface area (Å²) in [5.74, 6) is -1.24. The smallest absolute Gasteiger partial charge is 0.259 e. The molecule has 0 aliphatic heterocycles. The van der Waals surface area contributed by atoms with E-state index in [1.165, 1.54) is 0 Å². The molecule has 2 rings (SSSR count). The van der Waals surface area contributed by atoms with Crippen LogP contribution in [0.3, 0.4) is 0 Å². The first-order chi connectivity index (χ1) is 8.99. The Balaban J connectivity index is 2.31. The number of rotatable bonds is 2. The quantitative estimate of drug-likeness (QED) is 0.876. The first-order valence-corrected chi connectivity index (χ1v) is 6.32. The van der Waals surface area contributed by atoms with Gasteiger partial charge in [-0.15, -0.1) is 0 Å². The van der Waals surface area contributed by atoms with Crippen molar-refractivity contribution in [3.63, 3.8) is 0 Å². The van der Waals surface area contributed by atoms with Gasteiger partial charge in [-0.05, 0) is 34.1 Å². The lowest BCUT2D eigenvalue weighted by Gasteiger charge is -2.09. The lowest BCUT2D eigenvalue weighted by Crippen LogP contribution is -2.15. The van der Waals surface area contributed by atoms with Crippen molar-refractivity contribution in [2.24, 2.45) is 0 Å². The largest absolute Gasteiger partial charge is 0.383 e. The third-order valence-electron chi connectivity index (χ3n) is 2.33. The Morgan fingerprint density at radius 2 is 2.21 bits per heavy atom. The van der Waals surface area contributed by atoms with Crippen LogP contribution in [-0.4, -0.2) is 10.9 Å². The van der Waals surface area contributed by atoms with Gasteiger partial charge in [0.15, 0.2) is 0 Å². The molecule has 0 fully saturated rings. The summed E-state index contributed by atoms with van der Waals surface area (Å²) in [6, 6.07) is 6.02. The molecule has 0 aliphatic carbocycles. The van der Waals surface area contributed by atoms with Gasteiger partial charge in [0.05, 0.1) is 26.9 Å². The highest BCUT2D eigenvalue weighted by atomic mass is 79.9. The van der Waals surface area contributed by atoms with Crippen molar-refractivity contribution in [1.29, 1.82) is 0 Å². The number of pyridine rings is 1. The molecule has 0 aliphatic rings. The number of nitrogen functional groups attached to an aromatic ring is 1. The fourth-order valence-electron chi connectivity index (χ4n) is 1.42. The first kappa shape index (κ1) is 13.8. The Morgan fingerprint density at radius 3 is 2.95 bits per heavy atom. The van der Waals surface area contributed by atoms with Crippen LogP contribution in [0.15, 0.2) is 34.9 Å². The zero-order valence-electron chi connectivity index (χ0n) is 9.45. The Labute approximate surface area is 121 Å². The van der Waals surface area contributed by atoms with Crippen LogP contribution in [0.1, 0.15) is 10.4 Å². The van der Waals surface area contributed by atoms with Crippen LogP contribution in [0.5, 0.6) is 0 Å². The second-order valence-electron chi connectivity index (χ2n) is 3.64. The van der Waals surface area contributed by atoms with Crippen LogP contribution in [0, 0.1) is 5.82 Å². The third kappa shape index (κ3) is 3.02. The van der Waals surface area contributed by atoms with Crippen LogP contribution < -0.4 is 11.1 Å². The minimum atomic E-state index is -0.635. The van der Waals surface area contributed by atoms with Crippen molar-refractivity contribution in [3.05, 3.63) is 51.3 Å². The maximum atomic E-state index is 13.1. The molecule has 1 aromatic heterocycles. The van der Waals surface area contributed by atoms with Gasteiger partial charge in [0, 0.05) is 0 Å². The highest BCUT2D eigenvalue weighted by Gasteiger charge is 2.14. The fraction of sp³-hybridized carbons (Fsp3) is 0. The molecule has 0 bridgehead atoms. The number of nitrogens with one attached hydrogen (secondary N) is 1. The van der Waals surface area contributed by atoms with E-state index < -0.39 is 11.7 Å². The highest BCUT2D eigenvalue weighted by molar-refractivity contribution is 9.10. The van der Waals surface area contributed by atoms with E-state index in [2.05, 4.69) is 26.2 Å². The molecule has 98 valence electrons. The van der Waals surface area contributed by atoms with E-state index in [-0.39, 0.29) is 11.4 Å². The summed E-state index contributed by atoms with van der Waals surface area (Å²) in [6.07, 6.45) is 0.946. The molecule has 4 nitrogen and oxygen atoms in total. The number of amides is 1. The monoisotopic (exact) mass is 343 g/mol. The number of nitrogens with two attached hydrogens (primary N) is 1. The lowest BCUT2D eigenvalue weighted by atomic mass is 10.2. The van der Waals surface area contributed by atoms with Gasteiger partial charge >= 0.3 is 0 Å². The van der Waals surface area contributed by atoms with Crippen molar-refractivity contribution in [2.75, 3.05) is 11.1 Å². The van der Waals surface area contributed by atoms with Crippen molar-refractivity contribution < 1.29 is 9.18 Å². The zero-order valence-corrected chi connectivity index (χ0v) is 11.8. The molecular formula is C12H8BrClFN3O. The summed E-state index contributed by atoms with van der Waals surface area (Å²) >= 11 is 9.15. The molecule has 3 N–H and O–H groups in total. The minimum Gasteiger partial charge on any atom is -0.383 e. The number of benzene rings is 1. The van der Waals surface area contributed by atoms with E-state index in [0.29, 0.717) is 15.2 Å². The van der Waals surface area contributed by atoms with E-state index in [1.807, 2.05) is 0 Å². The van der Waals surface area contributed by atoms with Crippen molar-refractivity contribution >= 4 is 44.9 Å². The molecule has 7 heteroatoms. The lowest BCUT2D eigenvalue weighted by molar-refractivity contribution is 0.102. The van der Waals surface area contributed by atoms with Crippen molar-refractivity contribution in [1.82, 2.24) is 4.98 Å². The van der Waals surface area contributed by atoms with E-state index >= 15 is 0 Å². The van der Waals surface area contributed by atoms with Gasteiger partial charge in [0.25, 0.3) is 5.91 Å². The highest BCUT2D eigenvalue weighted by Crippen LogP contribution is 2.30. The van der Waals surface area contributed by atoms with Crippen molar-refractivity contribution in [2.45, 2.75) is 0 Å². The molecule has 0 atom stereocenters. The molecule has 1 aromatic carbocycles. The maximum absolute atomic E-state index is 13.1. The van der Waals surface area contributed by atoms with Gasteiger partial charge in [-0.2, -0.15) is 0 Å². The summed E-state index contributed by atoms with van der Waals surface area (Å²) in [4.78, 5) is 15.6. The Morgan fingerprint density at radius 1 is 1.47 bits per heavy atom. The number of nitrogens with zero attached hydrogens (tertiary/aromatic N) is 1. The molecular weight excluding hydrogens is 337 g/mol. The Kier molecular flexibility index (Phi) is 4.01. The second kappa shape index (κ2) is 5.54. The topological polar surface area (TPSA) is 68.0 Å². The van der Waals surface area contributed by atoms with Gasteiger partial charge < -0.3 is 11.1 Å². The molecule has 1 heterocycles. The van der Waals surface area contributed by atoms with E-state index in [4.69, 9.17) is 17.3 Å². The van der Waals surface area contributed by atoms with E-state index in [0.717, 1.165) is 12.3 Å². The number of hydrogen-bond donors (Lipinski definition) is 2. The van der Waals surface area contributed by atoms with Crippen LogP contribution in [0.4, 0.5) is 15.9 Å². The van der Waals surface area contributed by atoms with Crippen LogP contribution >= 0.6 is 27.5 Å². The van der Waals surface area contributed by atoms with Gasteiger partial charge in [-0.25, -0.2) is 9.37 Å². The van der Waals surface area contributed by atoms with Crippen LogP contribution in [0.25, 0.3) is 0 Å². The Bertz CT molecular complexity index is 651. The summed E-state index contributed by atoms with van der Waals surface area (Å²) in [7, 11) is 0. The number of hydrogen-bond acceptors (Lipinski definition) is 3. The second-order valence-corrected chi connectivity index (χ2v) is 4.84. The SMILES string of the molecule is Nc1ncc(F)cc1C(=O)Nc1cccc(Cl)c1Br. The predicted octanol–water partition coefficient (Wildman–Crippen LogP) is 3.47. The molecule has 0 spiro atoms. The molecule has 1 amide bonds. The van der Waals surface area contributed by atoms with Gasteiger partial charge in [-0.1, -0.05) is 17.7 Å². The summed E-state index contributed by atoms with van der Waals surface area (Å²) in [5, 5.41) is 3.03. The average Bonchev–Trinajstić information content (AvgIpc) is 2.38. The number of anilines is 2. The third-order valence-corrected chi connectivity index (χ3v) is 3.73. The molecule has 0 saturated carbocycles. The molecule has 0 radical (unpaired) electrons. The maximum Gasteiger partial charge on any atom is 0.259 e. The minimum absolute atomic E-state index is 0.0353. The summed E-state index contributed by atoms with van der Waals surface area (Å²) in [5.41, 5.74) is 5.96. The normalized spacial score (nSPS) is 10.3. The van der Waals surface area contributed by atoms with Crippen LogP contribution in [0.2, 0.25) is 5.02 Å². The average molecular weight is 345 g/mol.